The van der Waals surface area contributed by atoms with Gasteiger partial charge >= 0.3 is 0 Å². The van der Waals surface area contributed by atoms with E-state index in [1.54, 1.807) is 43.3 Å². The van der Waals surface area contributed by atoms with Gasteiger partial charge in [-0.3, -0.25) is 9.52 Å². The molecular formula is C21H19BrN2O3S. The molecule has 0 aliphatic carbocycles. The van der Waals surface area contributed by atoms with Crippen molar-refractivity contribution in [2.24, 2.45) is 0 Å². The maximum Gasteiger partial charge on any atom is 0.262 e. The third kappa shape index (κ3) is 4.61. The SMILES string of the molecule is Cc1ccc(NS(=O)(=O)c2cc(C(=O)Nc3ccccc3Br)ccc2C)cc1. The number of carbonyl (C=O) groups excluding carboxylic acids is 1. The number of para-hydroxylation sites is 1. The molecule has 1 amide bonds. The van der Waals surface area contributed by atoms with E-state index in [-0.39, 0.29) is 10.5 Å². The number of amides is 1. The first-order valence-electron chi connectivity index (χ1n) is 8.52. The zero-order valence-corrected chi connectivity index (χ0v) is 17.8. The van der Waals surface area contributed by atoms with Gasteiger partial charge in [0.05, 0.1) is 10.6 Å². The highest BCUT2D eigenvalue weighted by molar-refractivity contribution is 9.10. The minimum absolute atomic E-state index is 0.0628. The highest BCUT2D eigenvalue weighted by Crippen LogP contribution is 2.24. The molecule has 144 valence electrons. The van der Waals surface area contributed by atoms with Crippen LogP contribution < -0.4 is 10.0 Å². The largest absolute Gasteiger partial charge is 0.321 e. The van der Waals surface area contributed by atoms with Gasteiger partial charge in [-0.15, -0.1) is 0 Å². The first-order chi connectivity index (χ1) is 13.3. The van der Waals surface area contributed by atoms with E-state index in [9.17, 15) is 13.2 Å². The second kappa shape index (κ2) is 8.16. The number of benzene rings is 3. The van der Waals surface area contributed by atoms with Gasteiger partial charge in [0.25, 0.3) is 15.9 Å². The van der Waals surface area contributed by atoms with Gasteiger partial charge in [0.1, 0.15) is 0 Å². The van der Waals surface area contributed by atoms with Crippen molar-refractivity contribution in [1.29, 1.82) is 0 Å². The van der Waals surface area contributed by atoms with Crippen molar-refractivity contribution in [1.82, 2.24) is 0 Å². The molecule has 0 heterocycles. The van der Waals surface area contributed by atoms with E-state index in [0.29, 0.717) is 16.9 Å². The molecule has 0 bridgehead atoms. The summed E-state index contributed by atoms with van der Waals surface area (Å²) < 4.78 is 29.0. The molecule has 2 N–H and O–H groups in total. The van der Waals surface area contributed by atoms with Crippen LogP contribution in [0, 0.1) is 13.8 Å². The normalized spacial score (nSPS) is 11.1. The predicted octanol–water partition coefficient (Wildman–Crippen LogP) is 5.12. The molecule has 3 rings (SSSR count). The van der Waals surface area contributed by atoms with Gasteiger partial charge in [-0.05, 0) is 71.7 Å². The molecule has 3 aromatic rings. The summed E-state index contributed by atoms with van der Waals surface area (Å²) in [5.74, 6) is -0.390. The number of nitrogens with one attached hydrogen (secondary N) is 2. The zero-order valence-electron chi connectivity index (χ0n) is 15.4. The van der Waals surface area contributed by atoms with E-state index in [0.717, 1.165) is 10.0 Å². The molecule has 0 radical (unpaired) electrons. The fourth-order valence-electron chi connectivity index (χ4n) is 2.62. The summed E-state index contributed by atoms with van der Waals surface area (Å²) >= 11 is 3.38. The monoisotopic (exact) mass is 458 g/mol. The summed E-state index contributed by atoms with van der Waals surface area (Å²) in [5.41, 5.74) is 2.91. The van der Waals surface area contributed by atoms with Crippen molar-refractivity contribution in [3.05, 3.63) is 87.9 Å². The van der Waals surface area contributed by atoms with Crippen LogP contribution in [0.5, 0.6) is 0 Å². The molecule has 0 saturated heterocycles. The van der Waals surface area contributed by atoms with Crippen LogP contribution in [0.15, 0.2) is 76.1 Å². The molecule has 7 heteroatoms. The van der Waals surface area contributed by atoms with E-state index in [4.69, 9.17) is 0 Å². The first-order valence-corrected chi connectivity index (χ1v) is 10.8. The van der Waals surface area contributed by atoms with Gasteiger partial charge in [-0.25, -0.2) is 8.42 Å². The van der Waals surface area contributed by atoms with Crippen molar-refractivity contribution in [2.75, 3.05) is 10.0 Å². The van der Waals surface area contributed by atoms with Gasteiger partial charge in [0.15, 0.2) is 0 Å². The summed E-state index contributed by atoms with van der Waals surface area (Å²) in [4.78, 5) is 12.7. The van der Waals surface area contributed by atoms with Crippen LogP contribution in [0.2, 0.25) is 0 Å². The molecule has 0 spiro atoms. The lowest BCUT2D eigenvalue weighted by atomic mass is 10.1. The maximum absolute atomic E-state index is 12.8. The maximum atomic E-state index is 12.8. The van der Waals surface area contributed by atoms with Gasteiger partial charge in [-0.2, -0.15) is 0 Å². The highest BCUT2D eigenvalue weighted by atomic mass is 79.9. The molecule has 28 heavy (non-hydrogen) atoms. The molecule has 0 fully saturated rings. The number of anilines is 2. The smallest absolute Gasteiger partial charge is 0.262 e. The quantitative estimate of drug-likeness (QED) is 0.556. The molecular weight excluding hydrogens is 440 g/mol. The Morgan fingerprint density at radius 1 is 0.929 bits per heavy atom. The lowest BCUT2D eigenvalue weighted by Crippen LogP contribution is -2.17. The summed E-state index contributed by atoms with van der Waals surface area (Å²) in [6.45, 7) is 3.62. The molecule has 0 saturated carbocycles. The standard InChI is InChI=1S/C21H19BrN2O3S/c1-14-7-11-17(12-8-14)24-28(26,27)20-13-16(10-9-15(20)2)21(25)23-19-6-4-3-5-18(19)22/h3-13,24H,1-2H3,(H,23,25). The Morgan fingerprint density at radius 3 is 2.29 bits per heavy atom. The van der Waals surface area contributed by atoms with Crippen molar-refractivity contribution in [3.8, 4) is 0 Å². The summed E-state index contributed by atoms with van der Waals surface area (Å²) in [5, 5.41) is 2.78. The summed E-state index contributed by atoms with van der Waals surface area (Å²) in [6.07, 6.45) is 0. The van der Waals surface area contributed by atoms with E-state index in [1.807, 2.05) is 31.2 Å². The molecule has 0 aliphatic heterocycles. The lowest BCUT2D eigenvalue weighted by molar-refractivity contribution is 0.102. The van der Waals surface area contributed by atoms with Crippen LogP contribution in [0.1, 0.15) is 21.5 Å². The summed E-state index contributed by atoms with van der Waals surface area (Å²) in [6, 6.07) is 18.9. The van der Waals surface area contributed by atoms with Crippen LogP contribution in [-0.2, 0) is 10.0 Å². The van der Waals surface area contributed by atoms with Gasteiger partial charge in [0.2, 0.25) is 0 Å². The molecule has 0 unspecified atom stereocenters. The van der Waals surface area contributed by atoms with Crippen LogP contribution in [0.3, 0.4) is 0 Å². The van der Waals surface area contributed by atoms with E-state index in [2.05, 4.69) is 26.0 Å². The average molecular weight is 459 g/mol. The van der Waals surface area contributed by atoms with Crippen LogP contribution >= 0.6 is 15.9 Å². The highest BCUT2D eigenvalue weighted by Gasteiger charge is 2.19. The Labute approximate surface area is 173 Å². The van der Waals surface area contributed by atoms with E-state index < -0.39 is 15.9 Å². The zero-order chi connectivity index (χ0) is 20.3. The number of aryl methyl sites for hydroxylation is 2. The Morgan fingerprint density at radius 2 is 1.61 bits per heavy atom. The molecule has 5 nitrogen and oxygen atoms in total. The second-order valence-electron chi connectivity index (χ2n) is 6.39. The number of rotatable bonds is 5. The first kappa shape index (κ1) is 20.1. The van der Waals surface area contributed by atoms with Crippen molar-refractivity contribution < 1.29 is 13.2 Å². The topological polar surface area (TPSA) is 75.3 Å². The van der Waals surface area contributed by atoms with E-state index in [1.165, 1.54) is 6.07 Å². The second-order valence-corrected chi connectivity index (χ2v) is 8.89. The number of hydrogen-bond acceptors (Lipinski definition) is 3. The Bertz CT molecular complexity index is 1130. The van der Waals surface area contributed by atoms with E-state index >= 15 is 0 Å². The van der Waals surface area contributed by atoms with Crippen molar-refractivity contribution in [3.63, 3.8) is 0 Å². The minimum atomic E-state index is -3.83. The predicted molar refractivity (Wildman–Crippen MR) is 115 cm³/mol. The van der Waals surface area contributed by atoms with Crippen molar-refractivity contribution in [2.45, 2.75) is 18.7 Å². The minimum Gasteiger partial charge on any atom is -0.321 e. The number of hydrogen-bond donors (Lipinski definition) is 2. The van der Waals surface area contributed by atoms with Gasteiger partial charge in [0, 0.05) is 15.7 Å². The fraction of sp³-hybridized carbons (Fsp3) is 0.0952. The Kier molecular flexibility index (Phi) is 5.86. The van der Waals surface area contributed by atoms with Gasteiger partial charge < -0.3 is 5.32 Å². The third-order valence-corrected chi connectivity index (χ3v) is 6.38. The molecule has 0 atom stereocenters. The lowest BCUT2D eigenvalue weighted by Gasteiger charge is -2.13. The molecule has 0 aliphatic rings. The number of carbonyl (C=O) groups is 1. The fourth-order valence-corrected chi connectivity index (χ4v) is 4.33. The van der Waals surface area contributed by atoms with Crippen LogP contribution in [0.25, 0.3) is 0 Å². The van der Waals surface area contributed by atoms with Gasteiger partial charge in [-0.1, -0.05) is 35.9 Å². The van der Waals surface area contributed by atoms with Crippen molar-refractivity contribution >= 4 is 43.2 Å². The number of sulfonamides is 1. The third-order valence-electron chi connectivity index (χ3n) is 4.17. The summed E-state index contributed by atoms with van der Waals surface area (Å²) in [7, 11) is -3.83. The Hall–Kier alpha value is -2.64. The number of halogens is 1. The van der Waals surface area contributed by atoms with Crippen LogP contribution in [-0.4, -0.2) is 14.3 Å². The Balaban J connectivity index is 1.89. The van der Waals surface area contributed by atoms with Crippen LogP contribution in [0.4, 0.5) is 11.4 Å². The average Bonchev–Trinajstić information content (AvgIpc) is 2.65. The molecule has 3 aromatic carbocycles. The molecule has 0 aromatic heterocycles.